The highest BCUT2D eigenvalue weighted by molar-refractivity contribution is 7.71. The van der Waals surface area contributed by atoms with Gasteiger partial charge in [-0.25, -0.2) is 14.1 Å². The Kier molecular flexibility index (Phi) is 5.07. The van der Waals surface area contributed by atoms with Crippen LogP contribution < -0.4 is 5.32 Å². The minimum absolute atomic E-state index is 0.0647. The van der Waals surface area contributed by atoms with Crippen molar-refractivity contribution in [3.8, 4) is 17.5 Å². The van der Waals surface area contributed by atoms with Gasteiger partial charge in [-0.3, -0.25) is 9.89 Å². The Bertz CT molecular complexity index is 1180. The van der Waals surface area contributed by atoms with Gasteiger partial charge in [0.15, 0.2) is 10.4 Å². The van der Waals surface area contributed by atoms with E-state index in [9.17, 15) is 14.3 Å². The smallest absolute Gasteiger partial charge is 0.262 e. The van der Waals surface area contributed by atoms with Crippen LogP contribution in [-0.4, -0.2) is 25.8 Å². The van der Waals surface area contributed by atoms with Crippen molar-refractivity contribution in [3.63, 3.8) is 0 Å². The first kappa shape index (κ1) is 18.4. The van der Waals surface area contributed by atoms with Gasteiger partial charge in [0.05, 0.1) is 11.9 Å². The van der Waals surface area contributed by atoms with Gasteiger partial charge in [0.25, 0.3) is 5.91 Å². The van der Waals surface area contributed by atoms with Crippen molar-refractivity contribution in [2.45, 2.75) is 0 Å². The molecule has 134 valence electrons. The van der Waals surface area contributed by atoms with E-state index in [-0.39, 0.29) is 20.5 Å². The van der Waals surface area contributed by atoms with Crippen molar-refractivity contribution in [1.29, 1.82) is 5.26 Å². The van der Waals surface area contributed by atoms with Gasteiger partial charge in [0.2, 0.25) is 0 Å². The summed E-state index contributed by atoms with van der Waals surface area (Å²) in [5, 5.41) is 24.5. The number of hydrogen-bond acceptors (Lipinski definition) is 6. The minimum Gasteiger partial charge on any atom is -0.504 e. The second-order valence-corrected chi connectivity index (χ2v) is 6.07. The number of hydrogen-bond donors (Lipinski definition) is 3. The van der Waals surface area contributed by atoms with Crippen molar-refractivity contribution < 1.29 is 14.3 Å². The molecule has 0 radical (unpaired) electrons. The molecule has 27 heavy (non-hydrogen) atoms. The molecule has 2 heterocycles. The Balaban J connectivity index is 2.00. The number of carbonyl (C=O) groups excluding carboxylic acids is 1. The van der Waals surface area contributed by atoms with Gasteiger partial charge in [-0.1, -0.05) is 24.4 Å². The molecule has 0 unspecified atom stereocenters. The molecule has 10 heteroatoms. The normalized spacial score (nSPS) is 10.2. The fourth-order valence-electron chi connectivity index (χ4n) is 2.23. The molecule has 3 rings (SSSR count). The van der Waals surface area contributed by atoms with Crippen LogP contribution in [0.1, 0.15) is 16.1 Å². The van der Waals surface area contributed by atoms with Crippen LogP contribution in [0.25, 0.3) is 5.69 Å². The molecule has 0 bridgehead atoms. The summed E-state index contributed by atoms with van der Waals surface area (Å²) < 4.78 is 14.1. The molecule has 1 amide bonds. The van der Waals surface area contributed by atoms with Gasteiger partial charge in [-0.05, 0) is 36.4 Å². The first-order valence-corrected chi connectivity index (χ1v) is 8.24. The fourth-order valence-corrected chi connectivity index (χ4v) is 2.77. The molecule has 0 spiro atoms. The molecule has 0 aliphatic carbocycles. The van der Waals surface area contributed by atoms with Crippen LogP contribution in [0.4, 0.5) is 10.1 Å². The van der Waals surface area contributed by atoms with E-state index in [1.165, 1.54) is 41.2 Å². The van der Waals surface area contributed by atoms with Gasteiger partial charge < -0.3 is 10.4 Å². The lowest BCUT2D eigenvalue weighted by Crippen LogP contribution is -2.16. The summed E-state index contributed by atoms with van der Waals surface area (Å²) in [6.45, 7) is 0. The highest BCUT2D eigenvalue weighted by Gasteiger charge is 2.18. The Morgan fingerprint density at radius 2 is 1.96 bits per heavy atom. The van der Waals surface area contributed by atoms with Crippen LogP contribution >= 0.6 is 24.4 Å². The number of benzene rings is 1. The van der Waals surface area contributed by atoms with Crippen molar-refractivity contribution in [1.82, 2.24) is 14.8 Å². The predicted octanol–water partition coefficient (Wildman–Crippen LogP) is 3.63. The van der Waals surface area contributed by atoms with Gasteiger partial charge in [0, 0.05) is 5.69 Å². The number of aromatic hydroxyl groups is 1. The molecule has 0 atom stereocenters. The van der Waals surface area contributed by atoms with E-state index in [4.69, 9.17) is 29.7 Å². The number of nitrogens with one attached hydrogen (secondary N) is 2. The SMILES string of the molecule is N#Cc1ccc(-n2[nH]c(=S)c(C(=O)Nc3ccc(F)cc3)c(O)c2=S)cn1. The van der Waals surface area contributed by atoms with E-state index in [1.807, 2.05) is 6.07 Å². The van der Waals surface area contributed by atoms with Crippen LogP contribution in [0.3, 0.4) is 0 Å². The number of aromatic amines is 1. The van der Waals surface area contributed by atoms with Crippen LogP contribution in [0, 0.1) is 26.4 Å². The number of rotatable bonds is 3. The maximum Gasteiger partial charge on any atom is 0.262 e. The third-order valence-corrected chi connectivity index (χ3v) is 4.20. The minimum atomic E-state index is -0.698. The topological polar surface area (TPSA) is 107 Å². The number of amides is 1. The second-order valence-electron chi connectivity index (χ2n) is 5.28. The lowest BCUT2D eigenvalue weighted by Gasteiger charge is -2.12. The molecule has 0 saturated carbocycles. The van der Waals surface area contributed by atoms with Crippen molar-refractivity contribution in [2.75, 3.05) is 5.32 Å². The van der Waals surface area contributed by atoms with Crippen LogP contribution in [0.15, 0.2) is 42.6 Å². The predicted molar refractivity (Wildman–Crippen MR) is 100 cm³/mol. The molecule has 0 fully saturated rings. The largest absolute Gasteiger partial charge is 0.504 e. The fraction of sp³-hybridized carbons (Fsp3) is 0. The molecule has 3 aromatic rings. The molecule has 0 aliphatic rings. The lowest BCUT2D eigenvalue weighted by molar-refractivity contribution is 0.102. The summed E-state index contributed by atoms with van der Waals surface area (Å²) >= 11 is 10.4. The average molecular weight is 399 g/mol. The molecule has 2 aromatic heterocycles. The summed E-state index contributed by atoms with van der Waals surface area (Å²) in [6.07, 6.45) is 1.37. The van der Waals surface area contributed by atoms with E-state index >= 15 is 0 Å². The van der Waals surface area contributed by atoms with E-state index < -0.39 is 17.5 Å². The Labute approximate surface area is 162 Å². The average Bonchev–Trinajstić information content (AvgIpc) is 2.67. The van der Waals surface area contributed by atoms with Crippen LogP contribution in [0.2, 0.25) is 0 Å². The lowest BCUT2D eigenvalue weighted by atomic mass is 10.2. The number of anilines is 1. The molecule has 7 nitrogen and oxygen atoms in total. The maximum atomic E-state index is 13.0. The standard InChI is InChI=1S/C17H10FN5O2S2/c18-9-1-3-10(4-2-9)21-15(25)13-14(24)17(27)23(22-16(13)26)12-6-5-11(7-19)20-8-12/h1-6,8,24H,(H,21,25)(H,22,26). The Morgan fingerprint density at radius 3 is 2.56 bits per heavy atom. The second kappa shape index (κ2) is 7.45. The molecule has 3 N–H and O–H groups in total. The number of pyridine rings is 1. The first-order valence-electron chi connectivity index (χ1n) is 7.42. The van der Waals surface area contributed by atoms with Gasteiger partial charge in [0.1, 0.15) is 27.8 Å². The highest BCUT2D eigenvalue weighted by atomic mass is 32.1. The summed E-state index contributed by atoms with van der Waals surface area (Å²) in [5.41, 5.74) is 0.751. The molecular weight excluding hydrogens is 389 g/mol. The van der Waals surface area contributed by atoms with E-state index in [0.717, 1.165) is 0 Å². The van der Waals surface area contributed by atoms with Gasteiger partial charge in [-0.2, -0.15) is 5.26 Å². The summed E-state index contributed by atoms with van der Waals surface area (Å²) in [7, 11) is 0. The summed E-state index contributed by atoms with van der Waals surface area (Å²) in [4.78, 5) is 16.4. The quantitative estimate of drug-likeness (QED) is 0.581. The number of nitriles is 1. The van der Waals surface area contributed by atoms with Crippen LogP contribution in [0.5, 0.6) is 5.75 Å². The van der Waals surface area contributed by atoms with E-state index in [2.05, 4.69) is 15.4 Å². The summed E-state index contributed by atoms with van der Waals surface area (Å²) in [6, 6.07) is 10.0. The van der Waals surface area contributed by atoms with Crippen molar-refractivity contribution in [2.24, 2.45) is 0 Å². The zero-order valence-corrected chi connectivity index (χ0v) is 15.1. The number of aromatic nitrogens is 3. The first-order chi connectivity index (χ1) is 12.9. The highest BCUT2D eigenvalue weighted by Crippen LogP contribution is 2.22. The van der Waals surface area contributed by atoms with E-state index in [0.29, 0.717) is 11.4 Å². The monoisotopic (exact) mass is 399 g/mol. The summed E-state index contributed by atoms with van der Waals surface area (Å²) in [5.74, 6) is -1.63. The van der Waals surface area contributed by atoms with Crippen LogP contribution in [-0.2, 0) is 0 Å². The molecular formula is C17H10FN5O2S2. The third kappa shape index (κ3) is 3.74. The maximum absolute atomic E-state index is 13.0. The Morgan fingerprint density at radius 1 is 1.26 bits per heavy atom. The van der Waals surface area contributed by atoms with Crippen molar-refractivity contribution in [3.05, 3.63) is 69.0 Å². The van der Waals surface area contributed by atoms with Crippen molar-refractivity contribution >= 4 is 36.0 Å². The van der Waals surface area contributed by atoms with Gasteiger partial charge in [-0.15, -0.1) is 0 Å². The number of carbonyl (C=O) groups is 1. The number of nitrogens with zero attached hydrogens (tertiary/aromatic N) is 3. The Hall–Kier alpha value is -3.42. The molecule has 0 aliphatic heterocycles. The number of halogens is 1. The molecule has 1 aromatic carbocycles. The zero-order chi connectivity index (χ0) is 19.6. The number of H-pyrrole nitrogens is 1. The third-order valence-electron chi connectivity index (χ3n) is 3.53. The van der Waals surface area contributed by atoms with Gasteiger partial charge >= 0.3 is 0 Å². The van der Waals surface area contributed by atoms with E-state index in [1.54, 1.807) is 6.07 Å². The zero-order valence-electron chi connectivity index (χ0n) is 13.4. The molecule has 0 saturated heterocycles.